The summed E-state index contributed by atoms with van der Waals surface area (Å²) in [6.07, 6.45) is 8.69. The third-order valence-corrected chi connectivity index (χ3v) is 3.83. The summed E-state index contributed by atoms with van der Waals surface area (Å²) in [4.78, 5) is 16.7. The normalized spacial score (nSPS) is 18.2. The monoisotopic (exact) mass is 302 g/mol. The van der Waals surface area contributed by atoms with Gasteiger partial charge in [-0.05, 0) is 18.9 Å². The molecule has 1 saturated heterocycles. The smallest absolute Gasteiger partial charge is 0.310 e. The summed E-state index contributed by atoms with van der Waals surface area (Å²) in [7, 11) is 1.89. The second kappa shape index (κ2) is 6.00. The van der Waals surface area contributed by atoms with Gasteiger partial charge in [-0.3, -0.25) is 19.8 Å². The van der Waals surface area contributed by atoms with Crippen molar-refractivity contribution in [2.24, 2.45) is 7.05 Å². The Morgan fingerprint density at radius 2 is 2.32 bits per heavy atom. The fourth-order valence-corrected chi connectivity index (χ4v) is 2.77. The molecule has 0 saturated carbocycles. The van der Waals surface area contributed by atoms with Gasteiger partial charge in [0, 0.05) is 38.6 Å². The van der Waals surface area contributed by atoms with Gasteiger partial charge in [-0.25, -0.2) is 0 Å². The van der Waals surface area contributed by atoms with Crippen LogP contribution in [0.1, 0.15) is 12.8 Å². The standard InChI is InChI=1S/C14H18N6O2/c1-18-10-12(7-16-18)19-6-2-3-11(9-19)17-13-4-5-15-8-14(13)20(21)22/h4-5,7-8,10-11H,2-3,6,9H2,1H3,(H,15,17). The first-order valence-corrected chi connectivity index (χ1v) is 7.22. The highest BCUT2D eigenvalue weighted by atomic mass is 16.6. The minimum absolute atomic E-state index is 0.0148. The molecule has 22 heavy (non-hydrogen) atoms. The van der Waals surface area contributed by atoms with Gasteiger partial charge < -0.3 is 10.2 Å². The number of aryl methyl sites for hydroxylation is 1. The topological polar surface area (TPSA) is 89.1 Å². The molecule has 8 heteroatoms. The summed E-state index contributed by atoms with van der Waals surface area (Å²) in [6.45, 7) is 1.77. The number of aromatic nitrogens is 3. The molecule has 0 amide bonds. The molecule has 3 heterocycles. The number of rotatable bonds is 4. The van der Waals surface area contributed by atoms with Gasteiger partial charge in [0.15, 0.2) is 0 Å². The van der Waals surface area contributed by atoms with E-state index in [1.54, 1.807) is 16.9 Å². The van der Waals surface area contributed by atoms with Gasteiger partial charge in [0.1, 0.15) is 11.9 Å². The molecular weight excluding hydrogens is 284 g/mol. The number of nitrogens with zero attached hydrogens (tertiary/aromatic N) is 5. The van der Waals surface area contributed by atoms with Crippen molar-refractivity contribution in [3.63, 3.8) is 0 Å². The molecule has 1 aliphatic heterocycles. The zero-order valence-corrected chi connectivity index (χ0v) is 12.3. The van der Waals surface area contributed by atoms with Gasteiger partial charge in [-0.1, -0.05) is 0 Å². The molecule has 1 N–H and O–H groups in total. The largest absolute Gasteiger partial charge is 0.375 e. The Labute approximate surface area is 127 Å². The number of nitrogens with one attached hydrogen (secondary N) is 1. The lowest BCUT2D eigenvalue weighted by atomic mass is 10.0. The molecule has 0 bridgehead atoms. The van der Waals surface area contributed by atoms with E-state index in [9.17, 15) is 10.1 Å². The van der Waals surface area contributed by atoms with Gasteiger partial charge in [0.25, 0.3) is 0 Å². The van der Waals surface area contributed by atoms with E-state index < -0.39 is 4.92 Å². The molecule has 0 radical (unpaired) electrons. The quantitative estimate of drug-likeness (QED) is 0.684. The molecule has 1 aliphatic rings. The SMILES string of the molecule is Cn1cc(N2CCCC(Nc3ccncc3[N+](=O)[O-])C2)cn1. The summed E-state index contributed by atoms with van der Waals surface area (Å²) >= 11 is 0. The fourth-order valence-electron chi connectivity index (χ4n) is 2.77. The van der Waals surface area contributed by atoms with E-state index >= 15 is 0 Å². The first-order valence-electron chi connectivity index (χ1n) is 7.22. The summed E-state index contributed by atoms with van der Waals surface area (Å²) in [5.74, 6) is 0. The third-order valence-electron chi connectivity index (χ3n) is 3.83. The van der Waals surface area contributed by atoms with Crippen molar-refractivity contribution >= 4 is 17.1 Å². The molecule has 0 aliphatic carbocycles. The van der Waals surface area contributed by atoms with Crippen molar-refractivity contribution in [1.29, 1.82) is 0 Å². The molecule has 1 atom stereocenters. The molecular formula is C14H18N6O2. The van der Waals surface area contributed by atoms with Crippen LogP contribution in [0.2, 0.25) is 0 Å². The lowest BCUT2D eigenvalue weighted by Crippen LogP contribution is -2.42. The predicted molar refractivity (Wildman–Crippen MR) is 83.0 cm³/mol. The number of pyridine rings is 1. The molecule has 116 valence electrons. The third kappa shape index (κ3) is 3.00. The van der Waals surface area contributed by atoms with Crippen LogP contribution in [0.15, 0.2) is 30.9 Å². The van der Waals surface area contributed by atoms with Crippen molar-refractivity contribution in [2.45, 2.75) is 18.9 Å². The van der Waals surface area contributed by atoms with Gasteiger partial charge in [0.05, 0.1) is 16.8 Å². The lowest BCUT2D eigenvalue weighted by molar-refractivity contribution is -0.384. The van der Waals surface area contributed by atoms with E-state index in [1.807, 2.05) is 19.4 Å². The fraction of sp³-hybridized carbons (Fsp3) is 0.429. The van der Waals surface area contributed by atoms with Crippen LogP contribution in [0, 0.1) is 10.1 Å². The molecule has 3 rings (SSSR count). The summed E-state index contributed by atoms with van der Waals surface area (Å²) in [6, 6.07) is 1.82. The van der Waals surface area contributed by atoms with Crippen LogP contribution in [0.3, 0.4) is 0 Å². The maximum absolute atomic E-state index is 11.1. The second-order valence-corrected chi connectivity index (χ2v) is 5.45. The number of piperidine rings is 1. The van der Waals surface area contributed by atoms with Crippen LogP contribution in [0.25, 0.3) is 0 Å². The first kappa shape index (κ1) is 14.3. The van der Waals surface area contributed by atoms with E-state index in [1.165, 1.54) is 6.20 Å². The van der Waals surface area contributed by atoms with Crippen LogP contribution < -0.4 is 10.2 Å². The molecule has 2 aromatic rings. The number of hydrogen-bond donors (Lipinski definition) is 1. The first-order chi connectivity index (χ1) is 10.6. The highest BCUT2D eigenvalue weighted by Crippen LogP contribution is 2.26. The Balaban J connectivity index is 1.72. The van der Waals surface area contributed by atoms with E-state index in [4.69, 9.17) is 0 Å². The average molecular weight is 302 g/mol. The number of anilines is 2. The summed E-state index contributed by atoms with van der Waals surface area (Å²) in [5.41, 5.74) is 1.62. The molecule has 1 fully saturated rings. The van der Waals surface area contributed by atoms with E-state index in [-0.39, 0.29) is 11.7 Å². The minimum Gasteiger partial charge on any atom is -0.375 e. The Morgan fingerprint density at radius 3 is 3.05 bits per heavy atom. The Morgan fingerprint density at radius 1 is 1.45 bits per heavy atom. The van der Waals surface area contributed by atoms with Gasteiger partial charge >= 0.3 is 5.69 Å². The molecule has 0 aromatic carbocycles. The van der Waals surface area contributed by atoms with Crippen LogP contribution in [0.5, 0.6) is 0 Å². The second-order valence-electron chi connectivity index (χ2n) is 5.45. The van der Waals surface area contributed by atoms with Gasteiger partial charge in [-0.2, -0.15) is 5.10 Å². The lowest BCUT2D eigenvalue weighted by Gasteiger charge is -2.34. The van der Waals surface area contributed by atoms with Crippen LogP contribution >= 0.6 is 0 Å². The average Bonchev–Trinajstić information content (AvgIpc) is 2.94. The van der Waals surface area contributed by atoms with Crippen molar-refractivity contribution in [3.8, 4) is 0 Å². The van der Waals surface area contributed by atoms with Gasteiger partial charge in [0.2, 0.25) is 0 Å². The maximum atomic E-state index is 11.1. The van der Waals surface area contributed by atoms with Crippen LogP contribution in [-0.2, 0) is 7.05 Å². The van der Waals surface area contributed by atoms with Crippen molar-refractivity contribution in [3.05, 3.63) is 41.0 Å². The number of hydrogen-bond acceptors (Lipinski definition) is 6. The molecule has 1 unspecified atom stereocenters. The zero-order chi connectivity index (χ0) is 15.5. The minimum atomic E-state index is -0.406. The molecule has 8 nitrogen and oxygen atoms in total. The maximum Gasteiger partial charge on any atom is 0.310 e. The Kier molecular flexibility index (Phi) is 3.90. The highest BCUT2D eigenvalue weighted by Gasteiger charge is 2.23. The van der Waals surface area contributed by atoms with Crippen molar-refractivity contribution < 1.29 is 4.92 Å². The Hall–Kier alpha value is -2.64. The van der Waals surface area contributed by atoms with E-state index in [2.05, 4.69) is 20.3 Å². The zero-order valence-electron chi connectivity index (χ0n) is 12.3. The highest BCUT2D eigenvalue weighted by molar-refractivity contribution is 5.60. The molecule has 2 aromatic heterocycles. The summed E-state index contributed by atoms with van der Waals surface area (Å²) in [5, 5.41) is 18.5. The van der Waals surface area contributed by atoms with Crippen molar-refractivity contribution in [1.82, 2.24) is 14.8 Å². The van der Waals surface area contributed by atoms with Crippen LogP contribution in [-0.4, -0.2) is 38.8 Å². The van der Waals surface area contributed by atoms with Crippen molar-refractivity contribution in [2.75, 3.05) is 23.3 Å². The Bertz CT molecular complexity index is 671. The van der Waals surface area contributed by atoms with Crippen LogP contribution in [0.4, 0.5) is 17.1 Å². The summed E-state index contributed by atoms with van der Waals surface area (Å²) < 4.78 is 1.78. The molecule has 0 spiro atoms. The predicted octanol–water partition coefficient (Wildman–Crippen LogP) is 1.80. The van der Waals surface area contributed by atoms with E-state index in [0.717, 1.165) is 31.6 Å². The number of nitro groups is 1. The van der Waals surface area contributed by atoms with E-state index in [0.29, 0.717) is 5.69 Å². The van der Waals surface area contributed by atoms with Gasteiger partial charge in [-0.15, -0.1) is 0 Å².